The highest BCUT2D eigenvalue weighted by molar-refractivity contribution is 6.67. The number of hydrogen-bond donors (Lipinski definition) is 0. The zero-order chi connectivity index (χ0) is 15.8. The number of anilines is 1. The Morgan fingerprint density at radius 1 is 1.38 bits per heavy atom. The second kappa shape index (κ2) is 8.10. The van der Waals surface area contributed by atoms with E-state index in [1.165, 1.54) is 7.11 Å². The molecule has 0 aromatic heterocycles. The van der Waals surface area contributed by atoms with Crippen molar-refractivity contribution in [3.8, 4) is 5.97 Å². The highest BCUT2D eigenvalue weighted by Gasteiger charge is 2.23. The molecule has 1 heterocycles. The molecule has 1 aliphatic rings. The Morgan fingerprint density at radius 3 is 2.48 bits per heavy atom. The van der Waals surface area contributed by atoms with Crippen LogP contribution in [0.5, 0.6) is 0 Å². The monoisotopic (exact) mass is 286 g/mol. The fourth-order valence-corrected chi connectivity index (χ4v) is 2.45. The van der Waals surface area contributed by atoms with Crippen LogP contribution in [-0.4, -0.2) is 39.7 Å². The maximum atomic E-state index is 11.5. The van der Waals surface area contributed by atoms with Gasteiger partial charge in [-0.2, -0.15) is 0 Å². The Labute approximate surface area is 125 Å². The van der Waals surface area contributed by atoms with Crippen molar-refractivity contribution in [1.29, 1.82) is 5.26 Å². The maximum Gasteiger partial charge on any atom is 0.338 e. The Bertz CT molecular complexity index is 534. The predicted molar refractivity (Wildman–Crippen MR) is 82.8 cm³/mol. The Balaban J connectivity index is 0.00000106. The molecule has 0 atom stereocenters. The summed E-state index contributed by atoms with van der Waals surface area (Å²) in [4.78, 5) is 21.8. The van der Waals surface area contributed by atoms with Crippen molar-refractivity contribution in [2.24, 2.45) is 0 Å². The van der Waals surface area contributed by atoms with Gasteiger partial charge in [0.05, 0.1) is 12.7 Å². The molecule has 2 rings (SSSR count). The van der Waals surface area contributed by atoms with Gasteiger partial charge >= 0.3 is 5.97 Å². The first-order chi connectivity index (χ1) is 10.2. The fraction of sp³-hybridized carbons (Fsp3) is 0.400. The van der Waals surface area contributed by atoms with Gasteiger partial charge < -0.3 is 14.4 Å². The van der Waals surface area contributed by atoms with Gasteiger partial charge in [0.2, 0.25) is 0 Å². The molecule has 0 radical (unpaired) electrons. The summed E-state index contributed by atoms with van der Waals surface area (Å²) in [6.07, 6.45) is 1.82. The number of methoxy groups -OCH3 is 1. The summed E-state index contributed by atoms with van der Waals surface area (Å²) in [5, 5.41) is 8.90. The van der Waals surface area contributed by atoms with Gasteiger partial charge in [-0.15, -0.1) is 0 Å². The van der Waals surface area contributed by atoms with Gasteiger partial charge in [-0.25, -0.2) is 10.1 Å². The van der Waals surface area contributed by atoms with Crippen LogP contribution in [0.4, 0.5) is 5.69 Å². The van der Waals surface area contributed by atoms with Crippen molar-refractivity contribution in [3.63, 3.8) is 0 Å². The lowest BCUT2D eigenvalue weighted by Crippen LogP contribution is -2.36. The first kappa shape index (κ1) is 16.8. The third-order valence-electron chi connectivity index (χ3n) is 3.66. The summed E-state index contributed by atoms with van der Waals surface area (Å²) in [6.45, 7) is 5.90. The molecule has 0 bridgehead atoms. The van der Waals surface area contributed by atoms with E-state index in [9.17, 15) is 4.79 Å². The second-order valence-corrected chi connectivity index (χ2v) is 4.88. The van der Waals surface area contributed by atoms with Crippen molar-refractivity contribution in [1.82, 2.24) is 0 Å². The third-order valence-corrected chi connectivity index (χ3v) is 3.66. The quantitative estimate of drug-likeness (QED) is 0.614. The van der Waals surface area contributed by atoms with Gasteiger partial charge in [-0.05, 0) is 43.3 Å². The number of nitriles is 1. The van der Waals surface area contributed by atoms with E-state index in [0.717, 1.165) is 37.0 Å². The molecule has 1 aromatic rings. The number of ether oxygens (including phenoxy) is 1. The molecule has 0 spiro atoms. The van der Waals surface area contributed by atoms with Crippen molar-refractivity contribution in [3.05, 3.63) is 29.3 Å². The highest BCUT2D eigenvalue weighted by Crippen LogP contribution is 2.23. The second-order valence-electron chi connectivity index (χ2n) is 4.88. The molecule has 110 valence electrons. The van der Waals surface area contributed by atoms with Crippen LogP contribution in [0.15, 0.2) is 18.2 Å². The van der Waals surface area contributed by atoms with Crippen molar-refractivity contribution in [2.75, 3.05) is 25.1 Å². The summed E-state index contributed by atoms with van der Waals surface area (Å²) in [5.41, 5.74) is 2.64. The van der Waals surface area contributed by atoms with Crippen LogP contribution in [0.25, 0.3) is 0 Å². The lowest BCUT2D eigenvalue weighted by Gasteiger charge is -2.30. The van der Waals surface area contributed by atoms with Gasteiger partial charge in [0.1, 0.15) is 6.79 Å². The topological polar surface area (TPSA) is 70.4 Å². The number of carbonyl (C=O) groups is 2. The van der Waals surface area contributed by atoms with E-state index in [4.69, 9.17) is 14.8 Å². The zero-order valence-corrected chi connectivity index (χ0v) is 12.5. The lowest BCUT2D eigenvalue weighted by atomic mass is 9.45. The van der Waals surface area contributed by atoms with Crippen LogP contribution >= 0.6 is 0 Å². The Kier molecular flexibility index (Phi) is 6.47. The molecule has 1 aromatic carbocycles. The summed E-state index contributed by atoms with van der Waals surface area (Å²) in [6, 6.07) is 5.78. The van der Waals surface area contributed by atoms with E-state index in [-0.39, 0.29) is 12.7 Å². The van der Waals surface area contributed by atoms with Crippen LogP contribution in [-0.2, 0) is 9.53 Å². The summed E-state index contributed by atoms with van der Waals surface area (Å²) >= 11 is 0. The standard InChI is InChI=1S/C14H17BN2O2.CH2O/c1-11-9-12(3-4-13(11)14(18)19-2)17-7-5-15(10-16)6-8-17;1-2/h3-4,9H,5-8H2,1-2H3;1H2. The average molecular weight is 286 g/mol. The van der Waals surface area contributed by atoms with Crippen LogP contribution < -0.4 is 4.90 Å². The molecular weight excluding hydrogens is 267 g/mol. The molecule has 0 N–H and O–H groups in total. The molecule has 1 fully saturated rings. The van der Waals surface area contributed by atoms with E-state index in [1.807, 2.05) is 31.9 Å². The van der Waals surface area contributed by atoms with Gasteiger partial charge in [0, 0.05) is 24.7 Å². The number of benzene rings is 1. The minimum absolute atomic E-state index is 0.187. The van der Waals surface area contributed by atoms with E-state index in [0.29, 0.717) is 5.56 Å². The fourth-order valence-electron chi connectivity index (χ4n) is 2.45. The van der Waals surface area contributed by atoms with E-state index < -0.39 is 0 Å². The van der Waals surface area contributed by atoms with Gasteiger partial charge in [-0.3, -0.25) is 0 Å². The number of carbonyl (C=O) groups excluding carboxylic acids is 2. The zero-order valence-electron chi connectivity index (χ0n) is 12.5. The summed E-state index contributed by atoms with van der Waals surface area (Å²) in [5.74, 6) is 2.03. The molecule has 0 saturated carbocycles. The number of rotatable bonds is 2. The average Bonchev–Trinajstić information content (AvgIpc) is 2.56. The molecule has 6 heteroatoms. The lowest BCUT2D eigenvalue weighted by molar-refractivity contribution is -0.0980. The van der Waals surface area contributed by atoms with E-state index >= 15 is 0 Å². The van der Waals surface area contributed by atoms with Crippen LogP contribution in [0.2, 0.25) is 12.6 Å². The molecule has 1 aliphatic heterocycles. The van der Waals surface area contributed by atoms with Crippen molar-refractivity contribution in [2.45, 2.75) is 19.6 Å². The van der Waals surface area contributed by atoms with Crippen LogP contribution in [0.3, 0.4) is 0 Å². The van der Waals surface area contributed by atoms with E-state index in [2.05, 4.69) is 10.9 Å². The van der Waals surface area contributed by atoms with Gasteiger partial charge in [0.15, 0.2) is 0 Å². The smallest absolute Gasteiger partial charge is 0.338 e. The molecule has 5 nitrogen and oxygen atoms in total. The molecular formula is C15H19BN2O3. The Morgan fingerprint density at radius 2 is 2.00 bits per heavy atom. The molecule has 0 aliphatic carbocycles. The van der Waals surface area contributed by atoms with Gasteiger partial charge in [0.25, 0.3) is 6.71 Å². The minimum Gasteiger partial charge on any atom is -0.465 e. The molecule has 0 unspecified atom stereocenters. The Hall–Kier alpha value is -2.29. The van der Waals surface area contributed by atoms with Crippen LogP contribution in [0.1, 0.15) is 15.9 Å². The van der Waals surface area contributed by atoms with Crippen molar-refractivity contribution < 1.29 is 14.3 Å². The predicted octanol–water partition coefficient (Wildman–Crippen LogP) is 1.97. The normalized spacial score (nSPS) is 13.8. The van der Waals surface area contributed by atoms with Gasteiger partial charge in [-0.1, -0.05) is 0 Å². The van der Waals surface area contributed by atoms with E-state index in [1.54, 1.807) is 0 Å². The van der Waals surface area contributed by atoms with Crippen molar-refractivity contribution >= 4 is 25.2 Å². The SMILES string of the molecule is C=O.COC(=O)c1ccc(N2CCB(C#N)CC2)cc1C. The molecule has 1 saturated heterocycles. The number of esters is 1. The first-order valence-corrected chi connectivity index (χ1v) is 6.78. The molecule has 21 heavy (non-hydrogen) atoms. The first-order valence-electron chi connectivity index (χ1n) is 6.78. The van der Waals surface area contributed by atoms with Crippen LogP contribution in [0, 0.1) is 18.2 Å². The molecule has 0 amide bonds. The maximum absolute atomic E-state index is 11.5. The number of aryl methyl sites for hydroxylation is 1. The highest BCUT2D eigenvalue weighted by atomic mass is 16.5. The summed E-state index contributed by atoms with van der Waals surface area (Å²) < 4.78 is 4.74. The minimum atomic E-state index is -0.299. The summed E-state index contributed by atoms with van der Waals surface area (Å²) in [7, 11) is 1.39. The number of nitrogens with zero attached hydrogens (tertiary/aromatic N) is 2. The number of hydrogen-bond acceptors (Lipinski definition) is 5. The largest absolute Gasteiger partial charge is 0.465 e. The third kappa shape index (κ3) is 4.09.